The van der Waals surface area contributed by atoms with E-state index in [9.17, 15) is 9.59 Å². The van der Waals surface area contributed by atoms with Gasteiger partial charge in [0.1, 0.15) is 5.60 Å². The van der Waals surface area contributed by atoms with E-state index in [1.807, 2.05) is 0 Å². The molecule has 0 saturated heterocycles. The molecule has 0 aromatic carbocycles. The summed E-state index contributed by atoms with van der Waals surface area (Å²) in [6.45, 7) is 0. The van der Waals surface area contributed by atoms with Crippen LogP contribution in [0.3, 0.4) is 0 Å². The van der Waals surface area contributed by atoms with Gasteiger partial charge in [-0.15, -0.1) is 0 Å². The Bertz CT molecular complexity index is 360. The lowest BCUT2D eigenvalue weighted by atomic mass is 9.76. The molecule has 2 saturated carbocycles. The fraction of sp³-hybridized carbons (Fsp3) is 0.733. The Morgan fingerprint density at radius 3 is 2.21 bits per heavy atom. The van der Waals surface area contributed by atoms with Crippen LogP contribution in [0.2, 0.25) is 0 Å². The average Bonchev–Trinajstić information content (AvgIpc) is 2.87. The Balaban J connectivity index is 2.02. The van der Waals surface area contributed by atoms with Crippen molar-refractivity contribution in [3.05, 3.63) is 12.2 Å². The maximum Gasteiger partial charge on any atom is 0.331 e. The number of hydrogen-bond acceptors (Lipinski definition) is 3. The standard InChI is InChI=1S/C15H22O4/c16-13(17)8-9-14(18)19-15(10-4-5-11-15)12-6-2-1-3-7-12/h8-9,12H,1-7,10-11H2,(H,16,17)/b9-8+. The van der Waals surface area contributed by atoms with Crippen LogP contribution in [0.5, 0.6) is 0 Å². The van der Waals surface area contributed by atoms with Crippen LogP contribution in [0.15, 0.2) is 12.2 Å². The van der Waals surface area contributed by atoms with Gasteiger partial charge in [-0.2, -0.15) is 0 Å². The van der Waals surface area contributed by atoms with Crippen molar-refractivity contribution in [3.8, 4) is 0 Å². The van der Waals surface area contributed by atoms with Gasteiger partial charge in [-0.3, -0.25) is 0 Å². The van der Waals surface area contributed by atoms with E-state index < -0.39 is 11.9 Å². The molecule has 0 bridgehead atoms. The molecule has 2 fully saturated rings. The van der Waals surface area contributed by atoms with E-state index in [2.05, 4.69) is 0 Å². The molecule has 19 heavy (non-hydrogen) atoms. The Morgan fingerprint density at radius 2 is 1.63 bits per heavy atom. The van der Waals surface area contributed by atoms with Crippen molar-refractivity contribution in [1.29, 1.82) is 0 Å². The minimum atomic E-state index is -1.12. The lowest BCUT2D eigenvalue weighted by Crippen LogP contribution is -2.40. The third kappa shape index (κ3) is 3.58. The fourth-order valence-corrected chi connectivity index (χ4v) is 3.57. The molecule has 0 atom stereocenters. The van der Waals surface area contributed by atoms with E-state index in [-0.39, 0.29) is 5.60 Å². The predicted molar refractivity (Wildman–Crippen MR) is 70.6 cm³/mol. The van der Waals surface area contributed by atoms with Gasteiger partial charge in [0.05, 0.1) is 0 Å². The molecular weight excluding hydrogens is 244 g/mol. The number of carbonyl (C=O) groups excluding carboxylic acids is 1. The van der Waals surface area contributed by atoms with Crippen LogP contribution in [-0.2, 0) is 14.3 Å². The van der Waals surface area contributed by atoms with Crippen molar-refractivity contribution in [3.63, 3.8) is 0 Å². The van der Waals surface area contributed by atoms with Crippen LogP contribution in [0.4, 0.5) is 0 Å². The number of esters is 1. The summed E-state index contributed by atoms with van der Waals surface area (Å²) >= 11 is 0. The zero-order valence-electron chi connectivity index (χ0n) is 11.3. The number of carbonyl (C=O) groups is 2. The van der Waals surface area contributed by atoms with Crippen LogP contribution in [0.25, 0.3) is 0 Å². The quantitative estimate of drug-likeness (QED) is 0.627. The zero-order valence-corrected chi connectivity index (χ0v) is 11.3. The fourth-order valence-electron chi connectivity index (χ4n) is 3.57. The van der Waals surface area contributed by atoms with Gasteiger partial charge in [-0.1, -0.05) is 19.3 Å². The molecule has 0 aliphatic heterocycles. The van der Waals surface area contributed by atoms with E-state index in [0.29, 0.717) is 5.92 Å². The first kappa shape index (κ1) is 14.1. The first-order valence-electron chi connectivity index (χ1n) is 7.26. The smallest absolute Gasteiger partial charge is 0.331 e. The first-order valence-corrected chi connectivity index (χ1v) is 7.26. The van der Waals surface area contributed by atoms with Crippen LogP contribution in [0, 0.1) is 5.92 Å². The molecule has 1 N–H and O–H groups in total. The highest BCUT2D eigenvalue weighted by atomic mass is 16.6. The average molecular weight is 266 g/mol. The zero-order chi connectivity index (χ0) is 13.7. The number of ether oxygens (including phenoxy) is 1. The van der Waals surface area contributed by atoms with Gasteiger partial charge in [-0.25, -0.2) is 9.59 Å². The predicted octanol–water partition coefficient (Wildman–Crippen LogP) is 3.06. The second-order valence-electron chi connectivity index (χ2n) is 5.70. The molecule has 0 unspecified atom stereocenters. The summed E-state index contributed by atoms with van der Waals surface area (Å²) in [5.41, 5.74) is -0.319. The monoisotopic (exact) mass is 266 g/mol. The molecule has 2 aliphatic carbocycles. The molecule has 4 nitrogen and oxygen atoms in total. The first-order chi connectivity index (χ1) is 9.12. The minimum absolute atomic E-state index is 0.319. The van der Waals surface area contributed by atoms with Gasteiger partial charge in [0.2, 0.25) is 0 Å². The largest absolute Gasteiger partial charge is 0.478 e. The molecule has 2 rings (SSSR count). The second-order valence-corrected chi connectivity index (χ2v) is 5.70. The van der Waals surface area contributed by atoms with Crippen molar-refractivity contribution in [2.24, 2.45) is 5.92 Å². The molecule has 4 heteroatoms. The van der Waals surface area contributed by atoms with Crippen molar-refractivity contribution in [2.45, 2.75) is 63.4 Å². The lowest BCUT2D eigenvalue weighted by Gasteiger charge is -2.39. The van der Waals surface area contributed by atoms with Crippen molar-refractivity contribution < 1.29 is 19.4 Å². The third-order valence-corrected chi connectivity index (χ3v) is 4.46. The normalized spacial score (nSPS) is 23.6. The van der Waals surface area contributed by atoms with E-state index in [4.69, 9.17) is 9.84 Å². The minimum Gasteiger partial charge on any atom is -0.478 e. The molecule has 0 aromatic rings. The number of hydrogen-bond donors (Lipinski definition) is 1. The Kier molecular flexibility index (Phi) is 4.61. The molecule has 0 spiro atoms. The highest BCUT2D eigenvalue weighted by Crippen LogP contribution is 2.45. The van der Waals surface area contributed by atoms with E-state index in [0.717, 1.165) is 50.7 Å². The number of aliphatic carboxylic acids is 1. The molecule has 0 radical (unpaired) electrons. The SMILES string of the molecule is O=C(O)/C=C/C(=O)OC1(C2CCCCC2)CCCC1. The highest BCUT2D eigenvalue weighted by molar-refractivity contribution is 5.90. The topological polar surface area (TPSA) is 63.6 Å². The Morgan fingerprint density at radius 1 is 1.00 bits per heavy atom. The van der Waals surface area contributed by atoms with Crippen LogP contribution in [0.1, 0.15) is 57.8 Å². The maximum atomic E-state index is 11.8. The maximum absolute atomic E-state index is 11.8. The highest BCUT2D eigenvalue weighted by Gasteiger charge is 2.44. The molecular formula is C15H22O4. The molecule has 2 aliphatic rings. The van der Waals surface area contributed by atoms with Crippen LogP contribution < -0.4 is 0 Å². The van der Waals surface area contributed by atoms with Crippen LogP contribution in [-0.4, -0.2) is 22.6 Å². The van der Waals surface area contributed by atoms with E-state index in [1.54, 1.807) is 0 Å². The van der Waals surface area contributed by atoms with Gasteiger partial charge < -0.3 is 9.84 Å². The van der Waals surface area contributed by atoms with Crippen molar-refractivity contribution in [1.82, 2.24) is 0 Å². The second kappa shape index (κ2) is 6.22. The summed E-state index contributed by atoms with van der Waals surface area (Å²) < 4.78 is 5.70. The molecule has 0 aromatic heterocycles. The summed E-state index contributed by atoms with van der Waals surface area (Å²) in [4.78, 5) is 22.2. The summed E-state index contributed by atoms with van der Waals surface area (Å²) in [5, 5.41) is 8.54. The molecule has 0 amide bonds. The van der Waals surface area contributed by atoms with Crippen molar-refractivity contribution in [2.75, 3.05) is 0 Å². The lowest BCUT2D eigenvalue weighted by molar-refractivity contribution is -0.161. The number of rotatable bonds is 4. The molecule has 0 heterocycles. The summed E-state index contributed by atoms with van der Waals surface area (Å²) in [7, 11) is 0. The van der Waals surface area contributed by atoms with Gasteiger partial charge in [0.25, 0.3) is 0 Å². The van der Waals surface area contributed by atoms with E-state index in [1.165, 1.54) is 19.3 Å². The van der Waals surface area contributed by atoms with E-state index >= 15 is 0 Å². The third-order valence-electron chi connectivity index (χ3n) is 4.46. The van der Waals surface area contributed by atoms with Crippen LogP contribution >= 0.6 is 0 Å². The van der Waals surface area contributed by atoms with Gasteiger partial charge in [-0.05, 0) is 44.4 Å². The summed E-state index contributed by atoms with van der Waals surface area (Å²) in [5.74, 6) is -1.16. The van der Waals surface area contributed by atoms with Gasteiger partial charge >= 0.3 is 11.9 Å². The Hall–Kier alpha value is -1.32. The molecule has 106 valence electrons. The van der Waals surface area contributed by atoms with Gasteiger partial charge in [0, 0.05) is 12.2 Å². The number of carboxylic acids is 1. The Labute approximate surface area is 113 Å². The summed E-state index contributed by atoms with van der Waals surface area (Å²) in [6.07, 6.45) is 11.9. The van der Waals surface area contributed by atoms with Gasteiger partial charge in [0.15, 0.2) is 0 Å². The number of carboxylic acid groups (broad SMARTS) is 1. The van der Waals surface area contributed by atoms with Crippen molar-refractivity contribution >= 4 is 11.9 Å². The summed E-state index contributed by atoms with van der Waals surface area (Å²) in [6, 6.07) is 0.